The Hall–Kier alpha value is -2.48. The molecule has 1 aliphatic rings. The van der Waals surface area contributed by atoms with Gasteiger partial charge in [0.2, 0.25) is 5.91 Å². The van der Waals surface area contributed by atoms with Gasteiger partial charge < -0.3 is 4.90 Å². The predicted octanol–water partition coefficient (Wildman–Crippen LogP) is 3.88. The van der Waals surface area contributed by atoms with Crippen LogP contribution in [-0.2, 0) is 11.3 Å². The van der Waals surface area contributed by atoms with Gasteiger partial charge >= 0.3 is 0 Å². The molecule has 0 unspecified atom stereocenters. The Morgan fingerprint density at radius 3 is 2.63 bits per heavy atom. The lowest BCUT2D eigenvalue weighted by molar-refractivity contribution is -0.385. The van der Waals surface area contributed by atoms with Crippen LogP contribution in [-0.4, -0.2) is 21.4 Å². The number of halogens is 1. The third-order valence-electron chi connectivity index (χ3n) is 4.78. The topological polar surface area (TPSA) is 85.5 Å². The number of anilines is 1. The van der Waals surface area contributed by atoms with Crippen LogP contribution in [0.25, 0.3) is 0 Å². The Morgan fingerprint density at radius 1 is 1.22 bits per heavy atom. The first-order valence-corrected chi connectivity index (χ1v) is 9.67. The highest BCUT2D eigenvalue weighted by Crippen LogP contribution is 2.29. The summed E-state index contributed by atoms with van der Waals surface area (Å²) in [6.07, 6.45) is 6.20. The molecule has 27 heavy (non-hydrogen) atoms. The number of carbonyl (C=O) groups is 1. The number of aromatic nitrogens is 1. The number of nitro groups is 1. The zero-order chi connectivity index (χ0) is 19.4. The van der Waals surface area contributed by atoms with Gasteiger partial charge in [-0.2, -0.15) is 0 Å². The van der Waals surface area contributed by atoms with Crippen molar-refractivity contribution in [2.75, 3.05) is 4.90 Å². The summed E-state index contributed by atoms with van der Waals surface area (Å²) >= 11 is 3.44. The monoisotopic (exact) mass is 433 g/mol. The minimum absolute atomic E-state index is 0.0648. The van der Waals surface area contributed by atoms with Crippen molar-refractivity contribution in [2.45, 2.75) is 44.7 Å². The lowest BCUT2D eigenvalue weighted by atomic mass is 9.93. The molecule has 0 bridgehead atoms. The number of benzene rings is 1. The van der Waals surface area contributed by atoms with E-state index in [1.54, 1.807) is 4.90 Å². The van der Waals surface area contributed by atoms with Gasteiger partial charge in [0.25, 0.3) is 11.2 Å². The van der Waals surface area contributed by atoms with Gasteiger partial charge in [-0.25, -0.2) is 0 Å². The predicted molar refractivity (Wildman–Crippen MR) is 106 cm³/mol. The fourth-order valence-electron chi connectivity index (χ4n) is 3.50. The molecule has 0 saturated heterocycles. The smallest absolute Gasteiger partial charge is 0.285 e. The van der Waals surface area contributed by atoms with Crippen molar-refractivity contribution < 1.29 is 9.72 Å². The van der Waals surface area contributed by atoms with Crippen molar-refractivity contribution in [3.8, 4) is 0 Å². The van der Waals surface area contributed by atoms with E-state index in [0.717, 1.165) is 65.2 Å². The maximum atomic E-state index is 13.1. The van der Waals surface area contributed by atoms with Gasteiger partial charge in [0.1, 0.15) is 6.54 Å². The Morgan fingerprint density at radius 2 is 1.96 bits per heavy atom. The average molecular weight is 434 g/mol. The van der Waals surface area contributed by atoms with Crippen molar-refractivity contribution in [2.24, 2.45) is 0 Å². The highest BCUT2D eigenvalue weighted by Gasteiger charge is 2.27. The molecule has 1 aromatic carbocycles. The number of rotatable bonds is 5. The molecule has 7 nitrogen and oxygen atoms in total. The normalized spacial score (nSPS) is 14.7. The van der Waals surface area contributed by atoms with E-state index < -0.39 is 10.5 Å². The summed E-state index contributed by atoms with van der Waals surface area (Å²) in [5.41, 5.74) is 0.112. The number of carbonyl (C=O) groups excluding carboxylic acids is 1. The lowest BCUT2D eigenvalue weighted by Gasteiger charge is -2.34. The van der Waals surface area contributed by atoms with Crippen LogP contribution >= 0.6 is 15.9 Å². The summed E-state index contributed by atoms with van der Waals surface area (Å²) in [6.45, 7) is -0.233. The number of nitrogens with zero attached hydrogens (tertiary/aromatic N) is 3. The first-order chi connectivity index (χ1) is 13.0. The molecule has 0 atom stereocenters. The summed E-state index contributed by atoms with van der Waals surface area (Å²) in [5.74, 6) is -0.248. The van der Waals surface area contributed by atoms with Gasteiger partial charge in [-0.15, -0.1) is 0 Å². The highest BCUT2D eigenvalue weighted by atomic mass is 79.9. The number of hydrogen-bond donors (Lipinski definition) is 0. The standard InChI is InChI=1S/C19H20BrN3O4/c20-14-5-4-8-16(11-14)22(15-6-2-1-3-7-15)19(25)13-21-12-17(23(26)27)9-10-18(21)24/h4-5,8-12,15H,1-3,6-7,13H2. The van der Waals surface area contributed by atoms with Crippen LogP contribution in [0.2, 0.25) is 0 Å². The van der Waals surface area contributed by atoms with Gasteiger partial charge in [-0.3, -0.25) is 24.3 Å². The summed E-state index contributed by atoms with van der Waals surface area (Å²) in [5, 5.41) is 11.0. The van der Waals surface area contributed by atoms with Gasteiger partial charge in [-0.1, -0.05) is 41.3 Å². The molecule has 1 amide bonds. The van der Waals surface area contributed by atoms with Gasteiger partial charge in [0.05, 0.1) is 11.1 Å². The van der Waals surface area contributed by atoms with Crippen LogP contribution in [0.3, 0.4) is 0 Å². The Bertz CT molecular complexity index is 906. The molecule has 8 heteroatoms. The third kappa shape index (κ3) is 4.63. The van der Waals surface area contributed by atoms with E-state index in [1.165, 1.54) is 0 Å². The van der Waals surface area contributed by atoms with Gasteiger partial charge in [0, 0.05) is 28.3 Å². The van der Waals surface area contributed by atoms with Crippen LogP contribution in [0.15, 0.2) is 51.9 Å². The quantitative estimate of drug-likeness (QED) is 0.528. The van der Waals surface area contributed by atoms with Crippen LogP contribution < -0.4 is 10.5 Å². The summed E-state index contributed by atoms with van der Waals surface area (Å²) in [6, 6.07) is 9.83. The van der Waals surface area contributed by atoms with E-state index in [1.807, 2.05) is 24.3 Å². The van der Waals surface area contributed by atoms with E-state index in [2.05, 4.69) is 15.9 Å². The second-order valence-electron chi connectivity index (χ2n) is 6.65. The summed E-state index contributed by atoms with van der Waals surface area (Å²) in [7, 11) is 0. The molecule has 142 valence electrons. The van der Waals surface area contributed by atoms with Crippen LogP contribution in [0.4, 0.5) is 11.4 Å². The number of pyridine rings is 1. The van der Waals surface area contributed by atoms with E-state index in [-0.39, 0.29) is 24.2 Å². The van der Waals surface area contributed by atoms with E-state index in [9.17, 15) is 19.7 Å². The first kappa shape index (κ1) is 19.3. The molecule has 1 aliphatic carbocycles. The number of hydrogen-bond acceptors (Lipinski definition) is 4. The maximum absolute atomic E-state index is 13.1. The van der Waals surface area contributed by atoms with Crippen molar-refractivity contribution in [3.05, 3.63) is 67.5 Å². The van der Waals surface area contributed by atoms with Crippen molar-refractivity contribution >= 4 is 33.2 Å². The second-order valence-corrected chi connectivity index (χ2v) is 7.56. The Balaban J connectivity index is 1.92. The molecule has 1 saturated carbocycles. The fraction of sp³-hybridized carbons (Fsp3) is 0.368. The zero-order valence-corrected chi connectivity index (χ0v) is 16.3. The van der Waals surface area contributed by atoms with Crippen molar-refractivity contribution in [1.82, 2.24) is 4.57 Å². The molecule has 1 aromatic heterocycles. The Kier molecular flexibility index (Phi) is 6.05. The summed E-state index contributed by atoms with van der Waals surface area (Å²) < 4.78 is 1.97. The molecule has 0 aliphatic heterocycles. The molecular formula is C19H20BrN3O4. The molecule has 0 radical (unpaired) electrons. The minimum Gasteiger partial charge on any atom is -0.308 e. The molecule has 0 N–H and O–H groups in total. The minimum atomic E-state index is -0.576. The molecule has 3 rings (SSSR count). The van der Waals surface area contributed by atoms with Crippen LogP contribution in [0.1, 0.15) is 32.1 Å². The lowest BCUT2D eigenvalue weighted by Crippen LogP contribution is -2.44. The SMILES string of the molecule is O=C(Cn1cc([N+](=O)[O-])ccc1=O)N(c1cccc(Br)c1)C1CCCCC1. The van der Waals surface area contributed by atoms with E-state index in [0.29, 0.717) is 0 Å². The first-order valence-electron chi connectivity index (χ1n) is 8.88. The zero-order valence-electron chi connectivity index (χ0n) is 14.7. The van der Waals surface area contributed by atoms with Crippen molar-refractivity contribution in [1.29, 1.82) is 0 Å². The third-order valence-corrected chi connectivity index (χ3v) is 5.27. The second kappa shape index (κ2) is 8.47. The fourth-order valence-corrected chi connectivity index (χ4v) is 3.88. The number of amides is 1. The average Bonchev–Trinajstić information content (AvgIpc) is 2.64. The van der Waals surface area contributed by atoms with Gasteiger partial charge in [-0.05, 0) is 31.0 Å². The Labute approximate surface area is 164 Å². The molecular weight excluding hydrogens is 414 g/mol. The highest BCUT2D eigenvalue weighted by molar-refractivity contribution is 9.10. The maximum Gasteiger partial charge on any atom is 0.285 e. The molecule has 2 aromatic rings. The van der Waals surface area contributed by atoms with E-state index >= 15 is 0 Å². The van der Waals surface area contributed by atoms with Crippen LogP contribution in [0.5, 0.6) is 0 Å². The van der Waals surface area contributed by atoms with Gasteiger partial charge in [0.15, 0.2) is 0 Å². The largest absolute Gasteiger partial charge is 0.308 e. The molecule has 0 spiro atoms. The summed E-state index contributed by atoms with van der Waals surface area (Å²) in [4.78, 5) is 37.4. The van der Waals surface area contributed by atoms with Crippen LogP contribution in [0, 0.1) is 10.1 Å². The molecule has 1 fully saturated rings. The van der Waals surface area contributed by atoms with E-state index in [4.69, 9.17) is 0 Å². The van der Waals surface area contributed by atoms with Crippen molar-refractivity contribution in [3.63, 3.8) is 0 Å². The molecule has 1 heterocycles.